The summed E-state index contributed by atoms with van der Waals surface area (Å²) in [5.74, 6) is -1.41. The van der Waals surface area contributed by atoms with E-state index in [0.717, 1.165) is 34.4 Å². The molecule has 11 heteroatoms. The number of hydrogen-bond acceptors (Lipinski definition) is 4. The summed E-state index contributed by atoms with van der Waals surface area (Å²) >= 11 is 1.16. The van der Waals surface area contributed by atoms with E-state index in [1.165, 1.54) is 17.0 Å². The van der Waals surface area contributed by atoms with Crippen LogP contribution in [0.4, 0.5) is 17.6 Å². The number of thiophene rings is 1. The van der Waals surface area contributed by atoms with Crippen LogP contribution in [0.15, 0.2) is 43.1 Å². The van der Waals surface area contributed by atoms with E-state index in [9.17, 15) is 23.2 Å². The first kappa shape index (κ1) is 22.9. The topological polar surface area (TPSA) is 61.9 Å². The quantitative estimate of drug-likeness (QED) is 0.308. The second-order valence-electron chi connectivity index (χ2n) is 7.31. The Bertz CT molecular complexity index is 1320. The number of nitriles is 1. The summed E-state index contributed by atoms with van der Waals surface area (Å²) in [5, 5.41) is 11.4. The first-order valence-corrected chi connectivity index (χ1v) is 11.0. The minimum Gasteiger partial charge on any atom is -0.324 e. The number of fused-ring (bicyclic) bond motifs is 1. The molecule has 167 valence electrons. The molecule has 33 heavy (non-hydrogen) atoms. The molecule has 1 amide bonds. The second kappa shape index (κ2) is 7.97. The van der Waals surface area contributed by atoms with Gasteiger partial charge in [0.2, 0.25) is 5.91 Å². The molecule has 5 nitrogen and oxygen atoms in total. The molecule has 0 aliphatic carbocycles. The molecule has 3 heterocycles. The number of benzene rings is 1. The first-order chi connectivity index (χ1) is 15.6. The summed E-state index contributed by atoms with van der Waals surface area (Å²) in [4.78, 5) is 15.1. The van der Waals surface area contributed by atoms with Gasteiger partial charge in [0.05, 0.1) is 21.9 Å². The number of aryl methyl sites for hydroxylation is 1. The zero-order valence-corrected chi connectivity index (χ0v) is 19.0. The van der Waals surface area contributed by atoms with Crippen molar-refractivity contribution in [3.05, 3.63) is 75.5 Å². The van der Waals surface area contributed by atoms with Gasteiger partial charge >= 0.3 is 6.18 Å². The van der Waals surface area contributed by atoms with E-state index < -0.39 is 34.3 Å². The van der Waals surface area contributed by atoms with Crippen molar-refractivity contribution in [3.8, 4) is 17.2 Å². The zero-order chi connectivity index (χ0) is 24.1. The zero-order valence-electron chi connectivity index (χ0n) is 17.2. The summed E-state index contributed by atoms with van der Waals surface area (Å²) in [6.45, 7) is 5.35. The van der Waals surface area contributed by atoms with E-state index in [2.05, 4.69) is 21.9 Å². The first-order valence-electron chi connectivity index (χ1n) is 9.72. The Labute approximate surface area is 194 Å². The van der Waals surface area contributed by atoms with Gasteiger partial charge in [-0.15, -0.1) is 11.3 Å². The van der Waals surface area contributed by atoms with Gasteiger partial charge in [0.1, 0.15) is 16.8 Å². The SMILES string of the molecule is C=CC(=O)N1Cc2sc(C#N)cc2[C@]1([Si])c1cccc(F)c1-c1cn(CC)nc1C(F)(F)F. The van der Waals surface area contributed by atoms with Crippen LogP contribution in [0.1, 0.15) is 33.5 Å². The highest BCUT2D eigenvalue weighted by Gasteiger charge is 2.48. The fourth-order valence-electron chi connectivity index (χ4n) is 4.03. The highest BCUT2D eigenvalue weighted by molar-refractivity contribution is 7.12. The molecule has 0 saturated carbocycles. The molecule has 0 spiro atoms. The van der Waals surface area contributed by atoms with Crippen LogP contribution in [0.25, 0.3) is 11.1 Å². The Morgan fingerprint density at radius 2 is 2.15 bits per heavy atom. The molecule has 0 saturated heterocycles. The maximum Gasteiger partial charge on any atom is 0.435 e. The molecule has 0 unspecified atom stereocenters. The molecule has 1 atom stereocenters. The number of aromatic nitrogens is 2. The molecule has 2 aromatic heterocycles. The van der Waals surface area contributed by atoms with Crippen molar-refractivity contribution in [2.45, 2.75) is 31.4 Å². The fraction of sp³-hybridized carbons (Fsp3) is 0.227. The Hall–Kier alpha value is -3.23. The molecule has 4 rings (SSSR count). The molecule has 0 bridgehead atoms. The van der Waals surface area contributed by atoms with Gasteiger partial charge in [-0.05, 0) is 36.3 Å². The van der Waals surface area contributed by atoms with Crippen molar-refractivity contribution in [2.75, 3.05) is 0 Å². The van der Waals surface area contributed by atoms with Gasteiger partial charge in [-0.3, -0.25) is 9.48 Å². The lowest BCUT2D eigenvalue weighted by molar-refractivity contribution is -0.141. The summed E-state index contributed by atoms with van der Waals surface area (Å²) in [6, 6.07) is 7.47. The number of nitrogens with zero attached hydrogens (tertiary/aromatic N) is 4. The number of halogens is 4. The maximum atomic E-state index is 15.3. The van der Waals surface area contributed by atoms with Crippen molar-refractivity contribution in [2.24, 2.45) is 0 Å². The largest absolute Gasteiger partial charge is 0.435 e. The smallest absolute Gasteiger partial charge is 0.324 e. The van der Waals surface area contributed by atoms with E-state index in [4.69, 9.17) is 0 Å². The van der Waals surface area contributed by atoms with E-state index in [0.29, 0.717) is 15.3 Å². The van der Waals surface area contributed by atoms with Crippen LogP contribution in [0.2, 0.25) is 0 Å². The van der Waals surface area contributed by atoms with Crippen LogP contribution in [0.5, 0.6) is 0 Å². The Morgan fingerprint density at radius 3 is 2.76 bits per heavy atom. The normalized spacial score (nSPS) is 17.7. The van der Waals surface area contributed by atoms with Gasteiger partial charge in [-0.2, -0.15) is 23.5 Å². The highest BCUT2D eigenvalue weighted by Crippen LogP contribution is 2.50. The van der Waals surface area contributed by atoms with Crippen molar-refractivity contribution in [3.63, 3.8) is 0 Å². The van der Waals surface area contributed by atoms with Gasteiger partial charge in [-0.25, -0.2) is 4.39 Å². The van der Waals surface area contributed by atoms with Gasteiger partial charge in [-0.1, -0.05) is 18.7 Å². The molecular weight excluding hydrogens is 472 g/mol. The average Bonchev–Trinajstić information content (AvgIpc) is 3.46. The third-order valence-electron chi connectivity index (χ3n) is 5.48. The third kappa shape index (κ3) is 3.50. The molecule has 3 aromatic rings. The molecule has 0 N–H and O–H groups in total. The van der Waals surface area contributed by atoms with E-state index in [1.54, 1.807) is 13.0 Å². The van der Waals surface area contributed by atoms with Gasteiger partial charge < -0.3 is 4.90 Å². The number of carbonyl (C=O) groups excluding carboxylic acids is 1. The van der Waals surface area contributed by atoms with E-state index >= 15 is 4.39 Å². The number of amides is 1. The van der Waals surface area contributed by atoms with Crippen LogP contribution < -0.4 is 0 Å². The predicted molar refractivity (Wildman–Crippen MR) is 115 cm³/mol. The third-order valence-corrected chi connectivity index (χ3v) is 7.32. The van der Waals surface area contributed by atoms with Crippen LogP contribution in [-0.4, -0.2) is 30.8 Å². The molecule has 1 aliphatic rings. The minimum atomic E-state index is -4.83. The second-order valence-corrected chi connectivity index (χ2v) is 9.17. The van der Waals surface area contributed by atoms with Crippen LogP contribution >= 0.6 is 11.3 Å². The maximum absolute atomic E-state index is 15.3. The number of hydrogen-bond donors (Lipinski definition) is 0. The van der Waals surface area contributed by atoms with Gasteiger partial charge in [0.25, 0.3) is 0 Å². The van der Waals surface area contributed by atoms with Crippen LogP contribution in [0.3, 0.4) is 0 Å². The van der Waals surface area contributed by atoms with Gasteiger partial charge in [0, 0.05) is 28.7 Å². The lowest BCUT2D eigenvalue weighted by atomic mass is 9.90. The molecule has 1 aliphatic heterocycles. The van der Waals surface area contributed by atoms with E-state index in [-0.39, 0.29) is 24.2 Å². The lowest BCUT2D eigenvalue weighted by Crippen LogP contribution is -2.46. The molecule has 1 aromatic carbocycles. The van der Waals surface area contributed by atoms with Crippen molar-refractivity contribution in [1.82, 2.24) is 14.7 Å². The molecule has 3 radical (unpaired) electrons. The van der Waals surface area contributed by atoms with E-state index in [1.807, 2.05) is 6.07 Å². The molecular formula is C22H15F4N4OSSi. The minimum absolute atomic E-state index is 0.0757. The Morgan fingerprint density at radius 1 is 1.42 bits per heavy atom. The van der Waals surface area contributed by atoms with Crippen molar-refractivity contribution < 1.29 is 22.4 Å². The predicted octanol–water partition coefficient (Wildman–Crippen LogP) is 4.56. The van der Waals surface area contributed by atoms with Crippen molar-refractivity contribution >= 4 is 27.5 Å². The molecule has 0 fully saturated rings. The van der Waals surface area contributed by atoms with Crippen molar-refractivity contribution in [1.29, 1.82) is 5.26 Å². The van der Waals surface area contributed by atoms with Gasteiger partial charge in [0.15, 0.2) is 5.69 Å². The lowest BCUT2D eigenvalue weighted by Gasteiger charge is -2.37. The average molecular weight is 488 g/mol. The highest BCUT2D eigenvalue weighted by atomic mass is 32.1. The fourth-order valence-corrected chi connectivity index (χ4v) is 5.74. The monoisotopic (exact) mass is 487 g/mol. The number of carbonyl (C=O) groups is 1. The summed E-state index contributed by atoms with van der Waals surface area (Å²) < 4.78 is 57.9. The Balaban J connectivity index is 2.06. The standard InChI is InChI=1S/C22H15F4N4OSSi/c1-3-18(31)30-11-17-15(8-12(9-27)32-17)21(30,33)14-6-5-7-16(23)19(14)13-10-29(4-2)28-20(13)22(24,25)26/h3,5-8,10H,1,4,11H2,2H3/t21-/m1/s1. The summed E-state index contributed by atoms with van der Waals surface area (Å²) in [7, 11) is 3.64. The summed E-state index contributed by atoms with van der Waals surface area (Å²) in [6.07, 6.45) is -2.61. The van der Waals surface area contributed by atoms with Crippen LogP contribution in [-0.2, 0) is 29.2 Å². The number of rotatable bonds is 4. The summed E-state index contributed by atoms with van der Waals surface area (Å²) in [5.41, 5.74) is -1.44. The number of alkyl halides is 3. The Kier molecular flexibility index (Phi) is 5.54. The van der Waals surface area contributed by atoms with Crippen LogP contribution in [0, 0.1) is 17.1 Å².